The maximum Gasteiger partial charge on any atom is 0.269 e. The second kappa shape index (κ2) is 6.07. The molecule has 2 bridgehead atoms. The van der Waals surface area contributed by atoms with E-state index in [2.05, 4.69) is 12.2 Å². The Morgan fingerprint density at radius 2 is 2.05 bits per heavy atom. The quantitative estimate of drug-likeness (QED) is 0.671. The maximum atomic E-state index is 12.2. The maximum absolute atomic E-state index is 12.2. The van der Waals surface area contributed by atoms with Crippen LogP contribution >= 0.6 is 0 Å². The van der Waals surface area contributed by atoms with Gasteiger partial charge in [0.25, 0.3) is 5.69 Å². The third-order valence-corrected chi connectivity index (χ3v) is 5.34. The lowest BCUT2D eigenvalue weighted by molar-refractivity contribution is -0.384. The van der Waals surface area contributed by atoms with Crippen molar-refractivity contribution in [1.82, 2.24) is 5.32 Å². The molecule has 3 rings (SSSR count). The average Bonchev–Trinajstić information content (AvgIpc) is 3.10. The van der Waals surface area contributed by atoms with Gasteiger partial charge in [-0.3, -0.25) is 14.9 Å². The molecule has 0 aromatic heterocycles. The molecular formula is C17H22N2O3. The topological polar surface area (TPSA) is 72.2 Å². The summed E-state index contributed by atoms with van der Waals surface area (Å²) in [5.41, 5.74) is 0.864. The molecule has 2 aliphatic carbocycles. The number of nitro groups is 1. The first-order valence-electron chi connectivity index (χ1n) is 8.05. The van der Waals surface area contributed by atoms with E-state index in [1.165, 1.54) is 37.8 Å². The highest BCUT2D eigenvalue weighted by atomic mass is 16.6. The number of nitro benzene ring substituents is 1. The molecule has 2 aliphatic rings. The Hall–Kier alpha value is -1.91. The Kier molecular flexibility index (Phi) is 4.14. The van der Waals surface area contributed by atoms with Gasteiger partial charge in [-0.05, 0) is 49.5 Å². The number of hydrogen-bond donors (Lipinski definition) is 1. The van der Waals surface area contributed by atoms with E-state index in [4.69, 9.17) is 0 Å². The number of nitrogens with one attached hydrogen (secondary N) is 1. The third kappa shape index (κ3) is 3.13. The molecule has 1 N–H and O–H groups in total. The van der Waals surface area contributed by atoms with Crippen LogP contribution in [0.15, 0.2) is 24.3 Å². The second-order valence-electron chi connectivity index (χ2n) is 6.80. The highest BCUT2D eigenvalue weighted by molar-refractivity contribution is 5.78. The van der Waals surface area contributed by atoms with Crippen molar-refractivity contribution >= 4 is 11.6 Å². The SMILES string of the molecule is C[C@@H](NC(=O)Cc1ccc([N+](=O)[O-])cc1)[C@H]1C[C@H]2CC[C@H]1C2. The molecule has 1 amide bonds. The molecule has 1 aromatic rings. The Morgan fingerprint density at radius 3 is 2.59 bits per heavy atom. The number of non-ortho nitro benzene ring substituents is 1. The molecule has 2 fully saturated rings. The fraction of sp³-hybridized carbons (Fsp3) is 0.588. The van der Waals surface area contributed by atoms with E-state index in [-0.39, 0.29) is 24.1 Å². The van der Waals surface area contributed by atoms with Crippen LogP contribution in [0.1, 0.15) is 38.2 Å². The van der Waals surface area contributed by atoms with E-state index in [1.54, 1.807) is 12.1 Å². The third-order valence-electron chi connectivity index (χ3n) is 5.34. The molecule has 0 spiro atoms. The average molecular weight is 302 g/mol. The van der Waals surface area contributed by atoms with Crippen molar-refractivity contribution in [3.05, 3.63) is 39.9 Å². The van der Waals surface area contributed by atoms with Crippen molar-refractivity contribution in [2.24, 2.45) is 17.8 Å². The summed E-state index contributed by atoms with van der Waals surface area (Å²) in [7, 11) is 0. The lowest BCUT2D eigenvalue weighted by atomic mass is 9.84. The van der Waals surface area contributed by atoms with Crippen LogP contribution in [0, 0.1) is 27.9 Å². The zero-order valence-corrected chi connectivity index (χ0v) is 12.8. The fourth-order valence-electron chi connectivity index (χ4n) is 4.24. The molecule has 5 nitrogen and oxygen atoms in total. The largest absolute Gasteiger partial charge is 0.353 e. The van der Waals surface area contributed by atoms with Crippen LogP contribution in [0.5, 0.6) is 0 Å². The van der Waals surface area contributed by atoms with Crippen molar-refractivity contribution < 1.29 is 9.72 Å². The molecule has 0 heterocycles. The Balaban J connectivity index is 1.52. The molecule has 5 heteroatoms. The van der Waals surface area contributed by atoms with Gasteiger partial charge >= 0.3 is 0 Å². The summed E-state index contributed by atoms with van der Waals surface area (Å²) in [6.45, 7) is 2.11. The summed E-state index contributed by atoms with van der Waals surface area (Å²) in [5.74, 6) is 2.30. The summed E-state index contributed by atoms with van der Waals surface area (Å²) < 4.78 is 0. The van der Waals surface area contributed by atoms with Crippen LogP contribution in [0.25, 0.3) is 0 Å². The zero-order chi connectivity index (χ0) is 15.7. The summed E-state index contributed by atoms with van der Waals surface area (Å²) in [4.78, 5) is 22.3. The Morgan fingerprint density at radius 1 is 1.32 bits per heavy atom. The molecule has 2 saturated carbocycles. The lowest BCUT2D eigenvalue weighted by Crippen LogP contribution is -2.40. The van der Waals surface area contributed by atoms with Gasteiger partial charge in [-0.25, -0.2) is 0 Å². The molecule has 0 unspecified atom stereocenters. The number of benzene rings is 1. The normalized spacial score (nSPS) is 27.6. The molecular weight excluding hydrogens is 280 g/mol. The summed E-state index contributed by atoms with van der Waals surface area (Å²) in [5, 5.41) is 13.7. The van der Waals surface area contributed by atoms with Gasteiger partial charge in [0.2, 0.25) is 5.91 Å². The standard InChI is InChI=1S/C17H22N2O3/c1-11(16-9-13-2-5-14(16)8-13)18-17(20)10-12-3-6-15(7-4-12)19(21)22/h3-4,6-7,11,13-14,16H,2,5,8-10H2,1H3,(H,18,20)/t11-,13+,14+,16-/m1/s1. The Labute approximate surface area is 130 Å². The minimum Gasteiger partial charge on any atom is -0.353 e. The van der Waals surface area contributed by atoms with E-state index < -0.39 is 4.92 Å². The molecule has 1 aromatic carbocycles. The minimum atomic E-state index is -0.430. The van der Waals surface area contributed by atoms with Crippen molar-refractivity contribution in [3.63, 3.8) is 0 Å². The van der Waals surface area contributed by atoms with E-state index in [0.29, 0.717) is 5.92 Å². The van der Waals surface area contributed by atoms with Gasteiger partial charge < -0.3 is 5.32 Å². The van der Waals surface area contributed by atoms with E-state index >= 15 is 0 Å². The van der Waals surface area contributed by atoms with Crippen molar-refractivity contribution in [1.29, 1.82) is 0 Å². The fourth-order valence-corrected chi connectivity index (χ4v) is 4.24. The zero-order valence-electron chi connectivity index (χ0n) is 12.8. The predicted molar refractivity (Wildman–Crippen MR) is 83.3 cm³/mol. The van der Waals surface area contributed by atoms with E-state index in [9.17, 15) is 14.9 Å². The minimum absolute atomic E-state index is 0.00382. The number of carbonyl (C=O) groups excluding carboxylic acids is 1. The van der Waals surface area contributed by atoms with Gasteiger partial charge in [-0.1, -0.05) is 18.6 Å². The molecule has 118 valence electrons. The van der Waals surface area contributed by atoms with Crippen LogP contribution < -0.4 is 5.32 Å². The summed E-state index contributed by atoms with van der Waals surface area (Å²) in [6, 6.07) is 6.42. The Bertz CT molecular complexity index is 570. The van der Waals surface area contributed by atoms with E-state index in [0.717, 1.165) is 17.4 Å². The van der Waals surface area contributed by atoms with Gasteiger partial charge in [0.1, 0.15) is 0 Å². The van der Waals surface area contributed by atoms with Gasteiger partial charge in [-0.15, -0.1) is 0 Å². The second-order valence-corrected chi connectivity index (χ2v) is 6.80. The first kappa shape index (κ1) is 15.0. The molecule has 0 radical (unpaired) electrons. The van der Waals surface area contributed by atoms with Crippen LogP contribution in [0.4, 0.5) is 5.69 Å². The number of amides is 1. The molecule has 0 saturated heterocycles. The first-order chi connectivity index (χ1) is 10.5. The van der Waals surface area contributed by atoms with Crippen LogP contribution in [0.3, 0.4) is 0 Å². The van der Waals surface area contributed by atoms with Crippen molar-refractivity contribution in [2.75, 3.05) is 0 Å². The highest BCUT2D eigenvalue weighted by Crippen LogP contribution is 2.49. The number of carbonyl (C=O) groups is 1. The van der Waals surface area contributed by atoms with Gasteiger partial charge in [0.15, 0.2) is 0 Å². The smallest absolute Gasteiger partial charge is 0.269 e. The van der Waals surface area contributed by atoms with Crippen LogP contribution in [-0.2, 0) is 11.2 Å². The first-order valence-corrected chi connectivity index (χ1v) is 8.05. The summed E-state index contributed by atoms with van der Waals surface area (Å²) in [6.07, 6.45) is 5.56. The predicted octanol–water partition coefficient (Wildman–Crippen LogP) is 3.08. The van der Waals surface area contributed by atoms with Gasteiger partial charge in [0.05, 0.1) is 11.3 Å². The number of nitrogens with zero attached hydrogens (tertiary/aromatic N) is 1. The van der Waals surface area contributed by atoms with Crippen LogP contribution in [-0.4, -0.2) is 16.9 Å². The van der Waals surface area contributed by atoms with Gasteiger partial charge in [0, 0.05) is 18.2 Å². The highest BCUT2D eigenvalue weighted by Gasteiger charge is 2.42. The van der Waals surface area contributed by atoms with Crippen molar-refractivity contribution in [3.8, 4) is 0 Å². The molecule has 4 atom stereocenters. The number of fused-ring (bicyclic) bond motifs is 2. The van der Waals surface area contributed by atoms with Gasteiger partial charge in [-0.2, -0.15) is 0 Å². The molecule has 22 heavy (non-hydrogen) atoms. The number of rotatable bonds is 5. The summed E-state index contributed by atoms with van der Waals surface area (Å²) >= 11 is 0. The lowest BCUT2D eigenvalue weighted by Gasteiger charge is -2.28. The monoisotopic (exact) mass is 302 g/mol. The van der Waals surface area contributed by atoms with E-state index in [1.807, 2.05) is 0 Å². The number of hydrogen-bond acceptors (Lipinski definition) is 3. The molecule has 0 aliphatic heterocycles. The van der Waals surface area contributed by atoms with Crippen molar-refractivity contribution in [2.45, 2.75) is 45.1 Å². The van der Waals surface area contributed by atoms with Crippen LogP contribution in [0.2, 0.25) is 0 Å².